The molecule has 164 valence electrons. The molecule has 0 fully saturated rings. The molecule has 1 amide bonds. The fraction of sp³-hybridized carbons (Fsp3) is 0.850. The van der Waals surface area contributed by atoms with Crippen LogP contribution < -0.4 is 11.1 Å². The van der Waals surface area contributed by atoms with Gasteiger partial charge in [0.2, 0.25) is 5.91 Å². The Morgan fingerprint density at radius 3 is 2.39 bits per heavy atom. The number of aliphatic carboxylic acids is 1. The third-order valence-electron chi connectivity index (χ3n) is 4.40. The standard InChI is InChI=1S/C20H38N2O5S/c1-4-6-7-9-15(3)28-14-16(10-8-11-19(24)27-5-2)22-18(23)13-12-17(21)20(25)26/h15-17H,4-14,21H2,1-3H3,(H,22,23)(H,25,26)/t15?,16?,17-/m0/s1. The highest BCUT2D eigenvalue weighted by Crippen LogP contribution is 2.20. The van der Waals surface area contributed by atoms with E-state index in [0.29, 0.717) is 31.1 Å². The Morgan fingerprint density at radius 2 is 1.79 bits per heavy atom. The van der Waals surface area contributed by atoms with Crippen LogP contribution in [0.1, 0.15) is 78.6 Å². The lowest BCUT2D eigenvalue weighted by molar-refractivity contribution is -0.143. The maximum Gasteiger partial charge on any atom is 0.320 e. The van der Waals surface area contributed by atoms with Crippen molar-refractivity contribution in [2.24, 2.45) is 5.73 Å². The van der Waals surface area contributed by atoms with Gasteiger partial charge in [0.05, 0.1) is 6.61 Å². The summed E-state index contributed by atoms with van der Waals surface area (Å²) in [7, 11) is 0. The monoisotopic (exact) mass is 418 g/mol. The van der Waals surface area contributed by atoms with E-state index in [1.165, 1.54) is 19.3 Å². The van der Waals surface area contributed by atoms with Gasteiger partial charge in [-0.05, 0) is 32.6 Å². The quantitative estimate of drug-likeness (QED) is 0.245. The second-order valence-electron chi connectivity index (χ2n) is 7.08. The van der Waals surface area contributed by atoms with Crippen LogP contribution in [-0.2, 0) is 19.1 Å². The minimum absolute atomic E-state index is 0.0541. The average Bonchev–Trinajstić information content (AvgIpc) is 2.64. The maximum absolute atomic E-state index is 12.2. The normalized spacial score (nSPS) is 14.1. The number of carbonyl (C=O) groups excluding carboxylic acids is 2. The molecule has 0 aliphatic rings. The van der Waals surface area contributed by atoms with E-state index in [0.717, 1.165) is 12.2 Å². The van der Waals surface area contributed by atoms with Gasteiger partial charge in [-0.25, -0.2) is 0 Å². The molecule has 0 aliphatic carbocycles. The molecule has 3 atom stereocenters. The fourth-order valence-corrected chi connectivity index (χ4v) is 3.82. The number of unbranched alkanes of at least 4 members (excludes halogenated alkanes) is 2. The highest BCUT2D eigenvalue weighted by atomic mass is 32.2. The summed E-state index contributed by atoms with van der Waals surface area (Å²) in [5.74, 6) is -0.750. The molecule has 0 aromatic heterocycles. The summed E-state index contributed by atoms with van der Waals surface area (Å²) in [4.78, 5) is 34.5. The lowest BCUT2D eigenvalue weighted by atomic mass is 10.1. The number of carboxylic acid groups (broad SMARTS) is 1. The van der Waals surface area contributed by atoms with Crippen LogP contribution in [-0.4, -0.2) is 52.6 Å². The average molecular weight is 419 g/mol. The molecule has 0 aromatic rings. The van der Waals surface area contributed by atoms with Gasteiger partial charge in [-0.15, -0.1) is 0 Å². The van der Waals surface area contributed by atoms with E-state index in [1.54, 1.807) is 6.92 Å². The Labute approximate surface area is 173 Å². The second kappa shape index (κ2) is 16.7. The Balaban J connectivity index is 4.46. The number of ether oxygens (including phenoxy) is 1. The summed E-state index contributed by atoms with van der Waals surface area (Å²) in [5.41, 5.74) is 5.46. The minimum atomic E-state index is -1.10. The van der Waals surface area contributed by atoms with Gasteiger partial charge in [0, 0.05) is 29.9 Å². The van der Waals surface area contributed by atoms with Crippen LogP contribution in [0.3, 0.4) is 0 Å². The number of hydrogen-bond donors (Lipinski definition) is 3. The lowest BCUT2D eigenvalue weighted by Gasteiger charge is -2.21. The van der Waals surface area contributed by atoms with Crippen molar-refractivity contribution in [3.63, 3.8) is 0 Å². The third-order valence-corrected chi connectivity index (χ3v) is 5.80. The van der Waals surface area contributed by atoms with Gasteiger partial charge >= 0.3 is 11.9 Å². The van der Waals surface area contributed by atoms with E-state index in [1.807, 2.05) is 11.8 Å². The maximum atomic E-state index is 12.2. The molecule has 2 unspecified atom stereocenters. The summed E-state index contributed by atoms with van der Waals surface area (Å²) >= 11 is 1.83. The van der Waals surface area contributed by atoms with E-state index >= 15 is 0 Å². The van der Waals surface area contributed by atoms with Crippen LogP contribution in [0, 0.1) is 0 Å². The van der Waals surface area contributed by atoms with Crippen molar-refractivity contribution in [1.82, 2.24) is 5.32 Å². The molecule has 0 bridgehead atoms. The summed E-state index contributed by atoms with van der Waals surface area (Å²) in [6, 6.07) is -1.08. The number of rotatable bonds is 17. The number of carbonyl (C=O) groups is 3. The zero-order valence-electron chi connectivity index (χ0n) is 17.6. The molecule has 0 spiro atoms. The first-order valence-corrected chi connectivity index (χ1v) is 11.4. The van der Waals surface area contributed by atoms with Gasteiger partial charge < -0.3 is 20.9 Å². The topological polar surface area (TPSA) is 119 Å². The van der Waals surface area contributed by atoms with Crippen LogP contribution in [0.5, 0.6) is 0 Å². The molecule has 7 nitrogen and oxygen atoms in total. The molecule has 0 saturated heterocycles. The molecule has 0 aromatic carbocycles. The van der Waals surface area contributed by atoms with Crippen molar-refractivity contribution in [2.45, 2.75) is 95.9 Å². The van der Waals surface area contributed by atoms with Gasteiger partial charge in [0.1, 0.15) is 6.04 Å². The molecule has 4 N–H and O–H groups in total. The van der Waals surface area contributed by atoms with Gasteiger partial charge in [-0.1, -0.05) is 33.1 Å². The van der Waals surface area contributed by atoms with Crippen LogP contribution in [0.25, 0.3) is 0 Å². The van der Waals surface area contributed by atoms with Crippen LogP contribution >= 0.6 is 11.8 Å². The number of nitrogens with one attached hydrogen (secondary N) is 1. The van der Waals surface area contributed by atoms with Gasteiger partial charge in [-0.2, -0.15) is 11.8 Å². The Hall–Kier alpha value is -1.28. The molecule has 0 aliphatic heterocycles. The van der Waals surface area contributed by atoms with Crippen molar-refractivity contribution in [3.05, 3.63) is 0 Å². The second-order valence-corrected chi connectivity index (χ2v) is 8.56. The predicted molar refractivity (Wildman–Crippen MR) is 113 cm³/mol. The number of carboxylic acids is 1. The van der Waals surface area contributed by atoms with Gasteiger partial charge in [0.15, 0.2) is 0 Å². The minimum Gasteiger partial charge on any atom is -0.480 e. The van der Waals surface area contributed by atoms with Gasteiger partial charge in [0.25, 0.3) is 0 Å². The van der Waals surface area contributed by atoms with E-state index in [2.05, 4.69) is 19.2 Å². The summed E-state index contributed by atoms with van der Waals surface area (Å²) in [5, 5.41) is 12.3. The van der Waals surface area contributed by atoms with Crippen molar-refractivity contribution in [1.29, 1.82) is 0 Å². The Kier molecular flexibility index (Phi) is 15.9. The zero-order chi connectivity index (χ0) is 21.4. The van der Waals surface area contributed by atoms with Crippen molar-refractivity contribution < 1.29 is 24.2 Å². The van der Waals surface area contributed by atoms with Crippen molar-refractivity contribution in [3.8, 4) is 0 Å². The molecule has 0 rings (SSSR count). The number of thioether (sulfide) groups is 1. The first-order chi connectivity index (χ1) is 13.3. The van der Waals surface area contributed by atoms with Crippen LogP contribution in [0.2, 0.25) is 0 Å². The highest BCUT2D eigenvalue weighted by Gasteiger charge is 2.18. The van der Waals surface area contributed by atoms with Gasteiger partial charge in [-0.3, -0.25) is 14.4 Å². The van der Waals surface area contributed by atoms with Crippen molar-refractivity contribution >= 4 is 29.6 Å². The lowest BCUT2D eigenvalue weighted by Crippen LogP contribution is -2.38. The summed E-state index contributed by atoms with van der Waals surface area (Å²) < 4.78 is 4.94. The number of hydrogen-bond acceptors (Lipinski definition) is 6. The molecule has 0 heterocycles. The Morgan fingerprint density at radius 1 is 1.07 bits per heavy atom. The van der Waals surface area contributed by atoms with Crippen LogP contribution in [0.15, 0.2) is 0 Å². The molecule has 8 heteroatoms. The number of nitrogens with two attached hydrogens (primary N) is 1. The Bertz CT molecular complexity index is 462. The molecule has 0 radical (unpaired) electrons. The number of amides is 1. The third kappa shape index (κ3) is 14.7. The summed E-state index contributed by atoms with van der Waals surface area (Å²) in [6.07, 6.45) is 6.63. The van der Waals surface area contributed by atoms with Crippen molar-refractivity contribution in [2.75, 3.05) is 12.4 Å². The zero-order valence-corrected chi connectivity index (χ0v) is 18.4. The first kappa shape index (κ1) is 26.7. The first-order valence-electron chi connectivity index (χ1n) is 10.3. The van der Waals surface area contributed by atoms with E-state index in [4.69, 9.17) is 15.6 Å². The molecule has 28 heavy (non-hydrogen) atoms. The predicted octanol–water partition coefficient (Wildman–Crippen LogP) is 3.10. The summed E-state index contributed by atoms with van der Waals surface area (Å²) in [6.45, 7) is 6.53. The van der Waals surface area contributed by atoms with Crippen LogP contribution in [0.4, 0.5) is 0 Å². The molecular weight excluding hydrogens is 380 g/mol. The van der Waals surface area contributed by atoms with E-state index < -0.39 is 12.0 Å². The van der Waals surface area contributed by atoms with E-state index in [-0.39, 0.29) is 30.8 Å². The SMILES string of the molecule is CCCCCC(C)SCC(CCCC(=O)OCC)NC(=O)CC[C@H](N)C(=O)O. The molecule has 0 saturated carbocycles. The van der Waals surface area contributed by atoms with E-state index in [9.17, 15) is 14.4 Å². The largest absolute Gasteiger partial charge is 0.480 e. The molecular formula is C20H38N2O5S. The fourth-order valence-electron chi connectivity index (χ4n) is 2.68. The smallest absolute Gasteiger partial charge is 0.320 e. The highest BCUT2D eigenvalue weighted by molar-refractivity contribution is 7.99. The number of esters is 1.